The van der Waals surface area contributed by atoms with Gasteiger partial charge in [0.25, 0.3) is 0 Å². The highest BCUT2D eigenvalue weighted by atomic mass is 32.2. The van der Waals surface area contributed by atoms with Crippen molar-refractivity contribution in [2.24, 2.45) is 0 Å². The summed E-state index contributed by atoms with van der Waals surface area (Å²) >= 11 is 0. The minimum Gasteiger partial charge on any atom is -0.383 e. The standard InChI is InChI=1S/C15H26N2O3S/c1-6-13-7-8-15(9-14(13)10-16-3)21(18,19)17(4)12(2)11-20-5/h7-9,12,16H,6,10-11H2,1-5H3. The van der Waals surface area contributed by atoms with Gasteiger partial charge in [-0.15, -0.1) is 0 Å². The van der Waals surface area contributed by atoms with E-state index in [4.69, 9.17) is 4.74 Å². The molecule has 1 N–H and O–H groups in total. The van der Waals surface area contributed by atoms with Crippen LogP contribution in [-0.2, 0) is 27.7 Å². The van der Waals surface area contributed by atoms with Gasteiger partial charge in [-0.1, -0.05) is 13.0 Å². The molecule has 0 amide bonds. The van der Waals surface area contributed by atoms with E-state index in [2.05, 4.69) is 12.2 Å². The van der Waals surface area contributed by atoms with Crippen molar-refractivity contribution in [1.82, 2.24) is 9.62 Å². The van der Waals surface area contributed by atoms with Gasteiger partial charge in [0.2, 0.25) is 10.0 Å². The second kappa shape index (κ2) is 7.89. The van der Waals surface area contributed by atoms with E-state index < -0.39 is 10.0 Å². The van der Waals surface area contributed by atoms with Crippen molar-refractivity contribution in [3.05, 3.63) is 29.3 Å². The van der Waals surface area contributed by atoms with Gasteiger partial charge >= 0.3 is 0 Å². The van der Waals surface area contributed by atoms with Crippen molar-refractivity contribution in [3.63, 3.8) is 0 Å². The van der Waals surface area contributed by atoms with Gasteiger partial charge in [0, 0.05) is 26.7 Å². The van der Waals surface area contributed by atoms with Gasteiger partial charge in [-0.3, -0.25) is 0 Å². The number of hydrogen-bond acceptors (Lipinski definition) is 4. The van der Waals surface area contributed by atoms with Gasteiger partial charge in [0.1, 0.15) is 0 Å². The summed E-state index contributed by atoms with van der Waals surface area (Å²) in [7, 11) is 1.51. The zero-order chi connectivity index (χ0) is 16.0. The summed E-state index contributed by atoms with van der Waals surface area (Å²) < 4.78 is 31.7. The van der Waals surface area contributed by atoms with E-state index in [0.717, 1.165) is 17.5 Å². The highest BCUT2D eigenvalue weighted by molar-refractivity contribution is 7.89. The van der Waals surface area contributed by atoms with Crippen molar-refractivity contribution >= 4 is 10.0 Å². The minimum atomic E-state index is -3.50. The molecule has 0 saturated heterocycles. The van der Waals surface area contributed by atoms with Gasteiger partial charge in [0.15, 0.2) is 0 Å². The van der Waals surface area contributed by atoms with Crippen LogP contribution in [-0.4, -0.2) is 46.6 Å². The Morgan fingerprint density at radius 2 is 2.00 bits per heavy atom. The number of hydrogen-bond donors (Lipinski definition) is 1. The third kappa shape index (κ3) is 4.26. The van der Waals surface area contributed by atoms with E-state index in [1.165, 1.54) is 4.31 Å². The molecular weight excluding hydrogens is 288 g/mol. The molecular formula is C15H26N2O3S. The molecule has 21 heavy (non-hydrogen) atoms. The number of likely N-dealkylation sites (N-methyl/N-ethyl adjacent to an activating group) is 1. The molecule has 0 bridgehead atoms. The third-order valence-corrected chi connectivity index (χ3v) is 5.60. The lowest BCUT2D eigenvalue weighted by Gasteiger charge is -2.24. The number of ether oxygens (including phenoxy) is 1. The normalized spacial score (nSPS) is 13.6. The van der Waals surface area contributed by atoms with Crippen molar-refractivity contribution in [1.29, 1.82) is 0 Å². The number of aryl methyl sites for hydroxylation is 1. The quantitative estimate of drug-likeness (QED) is 0.792. The molecule has 0 aromatic heterocycles. The molecule has 5 nitrogen and oxygen atoms in total. The Kier molecular flexibility index (Phi) is 6.80. The van der Waals surface area contributed by atoms with Gasteiger partial charge in [-0.2, -0.15) is 4.31 Å². The molecule has 0 radical (unpaired) electrons. The summed E-state index contributed by atoms with van der Waals surface area (Å²) in [5.41, 5.74) is 2.18. The van der Waals surface area contributed by atoms with Crippen molar-refractivity contribution in [3.8, 4) is 0 Å². The Bertz CT molecular complexity index is 558. The fourth-order valence-corrected chi connectivity index (χ4v) is 3.61. The maximum Gasteiger partial charge on any atom is 0.243 e. The Morgan fingerprint density at radius 1 is 1.33 bits per heavy atom. The van der Waals surface area contributed by atoms with Crippen molar-refractivity contribution in [2.75, 3.05) is 27.8 Å². The lowest BCUT2D eigenvalue weighted by atomic mass is 10.1. The molecule has 120 valence electrons. The fourth-order valence-electron chi connectivity index (χ4n) is 2.21. The molecule has 0 saturated carbocycles. The predicted molar refractivity (Wildman–Crippen MR) is 84.9 cm³/mol. The predicted octanol–water partition coefficient (Wildman–Crippen LogP) is 1.62. The van der Waals surface area contributed by atoms with E-state index in [9.17, 15) is 8.42 Å². The van der Waals surface area contributed by atoms with E-state index >= 15 is 0 Å². The van der Waals surface area contributed by atoms with Crippen molar-refractivity contribution in [2.45, 2.75) is 37.8 Å². The molecule has 6 heteroatoms. The van der Waals surface area contributed by atoms with Gasteiger partial charge in [-0.25, -0.2) is 8.42 Å². The van der Waals surface area contributed by atoms with Crippen LogP contribution in [0.15, 0.2) is 23.1 Å². The van der Waals surface area contributed by atoms with E-state index in [1.54, 1.807) is 26.3 Å². The van der Waals surface area contributed by atoms with Crippen LogP contribution < -0.4 is 5.32 Å². The molecule has 0 heterocycles. The Labute approximate surface area is 128 Å². The van der Waals surface area contributed by atoms with Crippen molar-refractivity contribution < 1.29 is 13.2 Å². The fraction of sp³-hybridized carbons (Fsp3) is 0.600. The second-order valence-electron chi connectivity index (χ2n) is 5.14. The number of nitrogens with zero attached hydrogens (tertiary/aromatic N) is 1. The first-order valence-corrected chi connectivity index (χ1v) is 8.55. The largest absolute Gasteiger partial charge is 0.383 e. The van der Waals surface area contributed by atoms with Gasteiger partial charge < -0.3 is 10.1 Å². The molecule has 1 aromatic carbocycles. The second-order valence-corrected chi connectivity index (χ2v) is 7.14. The molecule has 0 aliphatic carbocycles. The zero-order valence-electron chi connectivity index (χ0n) is 13.5. The molecule has 1 unspecified atom stereocenters. The topological polar surface area (TPSA) is 58.6 Å². The minimum absolute atomic E-state index is 0.210. The van der Waals surface area contributed by atoms with Crippen LogP contribution in [0.25, 0.3) is 0 Å². The Balaban J connectivity index is 3.16. The SMILES string of the molecule is CCc1ccc(S(=O)(=O)N(C)C(C)COC)cc1CNC. The van der Waals surface area contributed by atoms with Crippen LogP contribution in [0.1, 0.15) is 25.0 Å². The summed E-state index contributed by atoms with van der Waals surface area (Å²) in [6, 6.07) is 5.14. The first-order valence-electron chi connectivity index (χ1n) is 7.11. The monoisotopic (exact) mass is 314 g/mol. The molecule has 1 rings (SSSR count). The number of methoxy groups -OCH3 is 1. The zero-order valence-corrected chi connectivity index (χ0v) is 14.3. The smallest absolute Gasteiger partial charge is 0.243 e. The van der Waals surface area contributed by atoms with Gasteiger partial charge in [0.05, 0.1) is 11.5 Å². The van der Waals surface area contributed by atoms with E-state index in [1.807, 2.05) is 20.0 Å². The van der Waals surface area contributed by atoms with Crippen LogP contribution in [0.3, 0.4) is 0 Å². The summed E-state index contributed by atoms with van der Waals surface area (Å²) in [5, 5.41) is 3.08. The number of rotatable bonds is 8. The Morgan fingerprint density at radius 3 is 2.52 bits per heavy atom. The maximum absolute atomic E-state index is 12.7. The molecule has 0 aliphatic rings. The number of nitrogens with one attached hydrogen (secondary N) is 1. The lowest BCUT2D eigenvalue weighted by Crippen LogP contribution is -2.37. The molecule has 1 aromatic rings. The molecule has 0 spiro atoms. The molecule has 0 fully saturated rings. The highest BCUT2D eigenvalue weighted by Gasteiger charge is 2.25. The average Bonchev–Trinajstić information content (AvgIpc) is 2.46. The van der Waals surface area contributed by atoms with Gasteiger partial charge in [-0.05, 0) is 43.7 Å². The molecule has 1 atom stereocenters. The van der Waals surface area contributed by atoms with Crippen LogP contribution in [0.4, 0.5) is 0 Å². The summed E-state index contributed by atoms with van der Waals surface area (Å²) in [6.07, 6.45) is 0.882. The average molecular weight is 314 g/mol. The maximum atomic E-state index is 12.7. The Hall–Kier alpha value is -0.950. The summed E-state index contributed by atoms with van der Waals surface area (Å²) in [4.78, 5) is 0.329. The van der Waals surface area contributed by atoms with Crippen LogP contribution >= 0.6 is 0 Å². The third-order valence-electron chi connectivity index (χ3n) is 3.63. The number of benzene rings is 1. The number of sulfonamides is 1. The van der Waals surface area contributed by atoms with Crippen LogP contribution in [0.2, 0.25) is 0 Å². The summed E-state index contributed by atoms with van der Waals surface area (Å²) in [6.45, 7) is 4.92. The molecule has 0 aliphatic heterocycles. The highest BCUT2D eigenvalue weighted by Crippen LogP contribution is 2.21. The summed E-state index contributed by atoms with van der Waals surface area (Å²) in [5.74, 6) is 0. The van der Waals surface area contributed by atoms with Crippen LogP contribution in [0, 0.1) is 0 Å². The first-order chi connectivity index (χ1) is 9.88. The van der Waals surface area contributed by atoms with E-state index in [0.29, 0.717) is 18.0 Å². The lowest BCUT2D eigenvalue weighted by molar-refractivity contribution is 0.149. The van der Waals surface area contributed by atoms with E-state index in [-0.39, 0.29) is 6.04 Å². The van der Waals surface area contributed by atoms with Crippen LogP contribution in [0.5, 0.6) is 0 Å². The first kappa shape index (κ1) is 18.1.